The first-order chi connectivity index (χ1) is 17.6. The normalized spacial score (nSPS) is 16.6. The van der Waals surface area contributed by atoms with Crippen molar-refractivity contribution in [3.8, 4) is 0 Å². The Hall–Kier alpha value is -3.13. The molecule has 1 aliphatic rings. The van der Waals surface area contributed by atoms with Crippen LogP contribution in [-0.2, 0) is 14.1 Å². The largest absolute Gasteiger partial charge is 0.523 e. The number of fused-ring (bicyclic) bond motifs is 2. The Kier molecular flexibility index (Phi) is 6.64. The summed E-state index contributed by atoms with van der Waals surface area (Å²) in [5.74, 6) is 0. The molecule has 0 saturated carbocycles. The molecule has 0 bridgehead atoms. The van der Waals surface area contributed by atoms with Gasteiger partial charge in [0.2, 0.25) is 0 Å². The van der Waals surface area contributed by atoms with Gasteiger partial charge in [-0.2, -0.15) is 25.6 Å². The van der Waals surface area contributed by atoms with Crippen LogP contribution in [0.2, 0.25) is 0 Å². The molecular formula is C27H24F3N2O3PS. The van der Waals surface area contributed by atoms with Crippen LogP contribution in [0.4, 0.5) is 13.2 Å². The summed E-state index contributed by atoms with van der Waals surface area (Å²) < 4.78 is 72.9. The summed E-state index contributed by atoms with van der Waals surface area (Å²) in [6, 6.07) is 25.9. The Labute approximate surface area is 214 Å². The third-order valence-electron chi connectivity index (χ3n) is 6.56. The molecule has 0 radical (unpaired) electrons. The predicted octanol–water partition coefficient (Wildman–Crippen LogP) is 8.00. The predicted molar refractivity (Wildman–Crippen MR) is 141 cm³/mol. The molecule has 0 aromatic heterocycles. The van der Waals surface area contributed by atoms with Gasteiger partial charge in [0.15, 0.2) is 0 Å². The van der Waals surface area contributed by atoms with Gasteiger partial charge in [-0.3, -0.25) is 0 Å². The van der Waals surface area contributed by atoms with Gasteiger partial charge in [0, 0.05) is 12.4 Å². The van der Waals surface area contributed by atoms with E-state index in [4.69, 9.17) is 3.97 Å². The SMILES string of the molecule is C[C@H](c1cccc2ccccc12)N1C=CN([C@H](C)c2cccc3ccccc23)P1OS(=O)(=O)C(F)(F)F. The first kappa shape index (κ1) is 25.5. The zero-order valence-electron chi connectivity index (χ0n) is 20.0. The Morgan fingerprint density at radius 2 is 1.11 bits per heavy atom. The maximum atomic E-state index is 13.4. The highest BCUT2D eigenvalue weighted by Gasteiger charge is 2.52. The van der Waals surface area contributed by atoms with Crippen molar-refractivity contribution in [2.24, 2.45) is 0 Å². The molecule has 1 aliphatic heterocycles. The first-order valence-electron chi connectivity index (χ1n) is 11.6. The van der Waals surface area contributed by atoms with Crippen LogP contribution in [0.25, 0.3) is 21.5 Å². The number of nitrogens with zero attached hydrogens (tertiary/aromatic N) is 2. The summed E-state index contributed by atoms with van der Waals surface area (Å²) in [5.41, 5.74) is -3.84. The van der Waals surface area contributed by atoms with Crippen LogP contribution in [0.5, 0.6) is 0 Å². The van der Waals surface area contributed by atoms with Gasteiger partial charge in [-0.15, -0.1) is 0 Å². The Morgan fingerprint density at radius 3 is 1.54 bits per heavy atom. The van der Waals surface area contributed by atoms with Gasteiger partial charge in [0.25, 0.3) is 8.45 Å². The first-order valence-corrected chi connectivity index (χ1v) is 14.2. The van der Waals surface area contributed by atoms with Crippen molar-refractivity contribution in [2.75, 3.05) is 0 Å². The van der Waals surface area contributed by atoms with Crippen molar-refractivity contribution in [3.05, 3.63) is 108 Å². The van der Waals surface area contributed by atoms with Gasteiger partial charge in [0.1, 0.15) is 0 Å². The van der Waals surface area contributed by atoms with Crippen molar-refractivity contribution in [2.45, 2.75) is 31.4 Å². The molecule has 0 N–H and O–H groups in total. The Morgan fingerprint density at radius 1 is 0.703 bits per heavy atom. The summed E-state index contributed by atoms with van der Waals surface area (Å²) in [4.78, 5) is 0. The summed E-state index contributed by atoms with van der Waals surface area (Å²) >= 11 is 0. The molecule has 0 spiro atoms. The number of hydrogen-bond donors (Lipinski definition) is 0. The third-order valence-corrected chi connectivity index (χ3v) is 10.2. The summed E-state index contributed by atoms with van der Waals surface area (Å²) in [6.07, 6.45) is 3.23. The fraction of sp³-hybridized carbons (Fsp3) is 0.185. The van der Waals surface area contributed by atoms with Crippen molar-refractivity contribution >= 4 is 40.1 Å². The Balaban J connectivity index is 1.57. The van der Waals surface area contributed by atoms with E-state index in [0.29, 0.717) is 0 Å². The minimum atomic E-state index is -5.86. The lowest BCUT2D eigenvalue weighted by Crippen LogP contribution is -2.29. The van der Waals surface area contributed by atoms with E-state index in [1.54, 1.807) is 21.7 Å². The number of halogens is 3. The lowest BCUT2D eigenvalue weighted by Gasteiger charge is -2.37. The maximum absolute atomic E-state index is 13.4. The van der Waals surface area contributed by atoms with E-state index in [2.05, 4.69) is 0 Å². The van der Waals surface area contributed by atoms with Crippen molar-refractivity contribution in [1.82, 2.24) is 9.34 Å². The summed E-state index contributed by atoms with van der Waals surface area (Å²) in [7, 11) is -8.27. The van der Waals surface area contributed by atoms with Crippen LogP contribution < -0.4 is 0 Å². The molecule has 5 rings (SSSR count). The third kappa shape index (κ3) is 4.67. The van der Waals surface area contributed by atoms with E-state index in [9.17, 15) is 21.6 Å². The van der Waals surface area contributed by atoms with Crippen molar-refractivity contribution in [3.63, 3.8) is 0 Å². The van der Waals surface area contributed by atoms with Crippen LogP contribution in [0, 0.1) is 0 Å². The average Bonchev–Trinajstić information content (AvgIpc) is 3.29. The molecule has 1 heterocycles. The van der Waals surface area contributed by atoms with Crippen LogP contribution in [0.1, 0.15) is 37.1 Å². The minimum absolute atomic E-state index is 0.471. The number of rotatable bonds is 6. The highest BCUT2D eigenvalue weighted by molar-refractivity contribution is 7.91. The standard InChI is InChI=1S/C27H24F3N2O3PS/c1-19(23-15-7-11-21-9-3-5-13-25(21)23)31-17-18-32(36(31)35-37(33,34)27(28,29)30)20(2)24-16-8-12-22-10-4-6-14-26(22)24/h3-20H,1-2H3/t19-,20-/m1/s1. The second-order valence-electron chi connectivity index (χ2n) is 8.77. The van der Waals surface area contributed by atoms with Gasteiger partial charge in [-0.05, 0) is 46.5 Å². The quantitative estimate of drug-likeness (QED) is 0.182. The van der Waals surface area contributed by atoms with Gasteiger partial charge in [-0.25, -0.2) is 0 Å². The molecule has 192 valence electrons. The zero-order valence-corrected chi connectivity index (χ0v) is 21.7. The molecule has 0 unspecified atom stereocenters. The second kappa shape index (κ2) is 9.63. The van der Waals surface area contributed by atoms with Gasteiger partial charge < -0.3 is 9.34 Å². The fourth-order valence-electron chi connectivity index (χ4n) is 4.65. The van der Waals surface area contributed by atoms with Gasteiger partial charge in [-0.1, -0.05) is 84.9 Å². The van der Waals surface area contributed by atoms with Crippen molar-refractivity contribution < 1.29 is 25.6 Å². The monoisotopic (exact) mass is 544 g/mol. The summed E-state index contributed by atoms with van der Waals surface area (Å²) in [5, 5.41) is 3.81. The molecule has 2 atom stereocenters. The van der Waals surface area contributed by atoms with Crippen molar-refractivity contribution in [1.29, 1.82) is 0 Å². The van der Waals surface area contributed by atoms with E-state index in [1.807, 2.05) is 98.8 Å². The van der Waals surface area contributed by atoms with Crippen LogP contribution in [0.15, 0.2) is 97.3 Å². The lowest BCUT2D eigenvalue weighted by molar-refractivity contribution is -0.0500. The van der Waals surface area contributed by atoms with Crippen LogP contribution in [0.3, 0.4) is 0 Å². The highest BCUT2D eigenvalue weighted by Crippen LogP contribution is 2.60. The zero-order chi connectivity index (χ0) is 26.4. The van der Waals surface area contributed by atoms with E-state index in [1.165, 1.54) is 0 Å². The van der Waals surface area contributed by atoms with Crippen LogP contribution >= 0.6 is 8.45 Å². The number of alkyl halides is 3. The molecular weight excluding hydrogens is 520 g/mol. The van der Waals surface area contributed by atoms with E-state index in [0.717, 1.165) is 32.7 Å². The van der Waals surface area contributed by atoms with Gasteiger partial charge >= 0.3 is 15.6 Å². The van der Waals surface area contributed by atoms with Crippen LogP contribution in [-0.4, -0.2) is 23.3 Å². The van der Waals surface area contributed by atoms with Gasteiger partial charge in [0.05, 0.1) is 12.1 Å². The highest BCUT2D eigenvalue weighted by atomic mass is 32.2. The molecule has 0 amide bonds. The molecule has 0 fully saturated rings. The average molecular weight is 545 g/mol. The smallest absolute Gasteiger partial charge is 0.309 e. The number of hydrogen-bond acceptors (Lipinski definition) is 5. The van der Waals surface area contributed by atoms with E-state index < -0.39 is 36.2 Å². The summed E-state index contributed by atoms with van der Waals surface area (Å²) in [6.45, 7) is 3.66. The Bertz CT molecular complexity index is 1490. The number of benzene rings is 4. The lowest BCUT2D eigenvalue weighted by atomic mass is 10.00. The molecule has 4 aromatic carbocycles. The second-order valence-corrected chi connectivity index (χ2v) is 12.2. The maximum Gasteiger partial charge on any atom is 0.523 e. The molecule has 0 aliphatic carbocycles. The molecule has 4 aromatic rings. The molecule has 5 nitrogen and oxygen atoms in total. The minimum Gasteiger partial charge on any atom is -0.309 e. The molecule has 37 heavy (non-hydrogen) atoms. The van der Waals surface area contributed by atoms with E-state index >= 15 is 0 Å². The fourth-order valence-corrected chi connectivity index (χ4v) is 7.73. The van der Waals surface area contributed by atoms with E-state index in [-0.39, 0.29) is 0 Å². The molecule has 0 saturated heterocycles. The topological polar surface area (TPSA) is 49.9 Å². The molecule has 10 heteroatoms.